The van der Waals surface area contributed by atoms with E-state index in [0.717, 1.165) is 11.1 Å². The maximum absolute atomic E-state index is 13.8. The highest BCUT2D eigenvalue weighted by molar-refractivity contribution is 7.89. The quantitative estimate of drug-likeness (QED) is 0.335. The summed E-state index contributed by atoms with van der Waals surface area (Å²) in [5.41, 5.74) is 2.84. The minimum Gasteiger partial charge on any atom is -0.497 e. The van der Waals surface area contributed by atoms with Crippen LogP contribution < -0.4 is 9.46 Å². The fourth-order valence-corrected chi connectivity index (χ4v) is 6.47. The second kappa shape index (κ2) is 12.2. The van der Waals surface area contributed by atoms with Crippen molar-refractivity contribution in [2.75, 3.05) is 7.11 Å². The van der Waals surface area contributed by atoms with Gasteiger partial charge in [0.1, 0.15) is 5.75 Å². The molecule has 0 aliphatic heterocycles. The highest BCUT2D eigenvalue weighted by Crippen LogP contribution is 2.24. The van der Waals surface area contributed by atoms with Gasteiger partial charge >= 0.3 is 0 Å². The Kier molecular flexibility index (Phi) is 9.52. The van der Waals surface area contributed by atoms with Crippen LogP contribution in [0.15, 0.2) is 82.6 Å². The molecular formula is C28H36N2O5S2. The fraction of sp³-hybridized carbons (Fsp3) is 0.357. The average Bonchev–Trinajstić information content (AvgIpc) is 2.88. The van der Waals surface area contributed by atoms with E-state index in [1.807, 2.05) is 43.3 Å². The van der Waals surface area contributed by atoms with E-state index in [1.165, 1.54) is 34.1 Å². The van der Waals surface area contributed by atoms with Crippen molar-refractivity contribution in [3.8, 4) is 5.75 Å². The molecule has 0 heterocycles. The van der Waals surface area contributed by atoms with Gasteiger partial charge in [0.2, 0.25) is 20.0 Å². The number of hydrogen-bond donors (Lipinski definition) is 1. The second-order valence-electron chi connectivity index (χ2n) is 9.42. The van der Waals surface area contributed by atoms with Gasteiger partial charge in [0, 0.05) is 19.1 Å². The first kappa shape index (κ1) is 28.8. The first-order valence-corrected chi connectivity index (χ1v) is 15.2. The van der Waals surface area contributed by atoms with Crippen molar-refractivity contribution < 1.29 is 21.6 Å². The molecule has 200 valence electrons. The van der Waals surface area contributed by atoms with E-state index in [-0.39, 0.29) is 28.9 Å². The van der Waals surface area contributed by atoms with Crippen molar-refractivity contribution in [2.24, 2.45) is 0 Å². The number of nitrogens with one attached hydrogen (secondary N) is 1. The highest BCUT2D eigenvalue weighted by Gasteiger charge is 2.26. The lowest BCUT2D eigenvalue weighted by Gasteiger charge is -2.23. The van der Waals surface area contributed by atoms with Crippen LogP contribution in [0.3, 0.4) is 0 Å². The van der Waals surface area contributed by atoms with Crippen LogP contribution in [0, 0.1) is 0 Å². The first-order valence-electron chi connectivity index (χ1n) is 12.3. The lowest BCUT2D eigenvalue weighted by Crippen LogP contribution is -2.32. The molecular weight excluding hydrogens is 508 g/mol. The minimum absolute atomic E-state index is 0.0257. The van der Waals surface area contributed by atoms with Crippen LogP contribution in [-0.2, 0) is 33.1 Å². The summed E-state index contributed by atoms with van der Waals surface area (Å²) in [5, 5.41) is 0. The van der Waals surface area contributed by atoms with Crippen LogP contribution in [0.25, 0.3) is 0 Å². The van der Waals surface area contributed by atoms with Crippen LogP contribution in [0.1, 0.15) is 56.7 Å². The van der Waals surface area contributed by atoms with Gasteiger partial charge < -0.3 is 4.74 Å². The SMILES string of the molecule is CCC(C)NS(=O)(=O)c1ccc(S(=O)(=O)N(Cc2ccc(OC)cc2)Cc2ccc(C(C)C)cc2)cc1. The van der Waals surface area contributed by atoms with E-state index in [1.54, 1.807) is 26.2 Å². The van der Waals surface area contributed by atoms with E-state index >= 15 is 0 Å². The van der Waals surface area contributed by atoms with Crippen molar-refractivity contribution in [1.82, 2.24) is 9.03 Å². The molecule has 7 nitrogen and oxygen atoms in total. The number of sulfonamides is 2. The van der Waals surface area contributed by atoms with Crippen LogP contribution in [0.5, 0.6) is 5.75 Å². The highest BCUT2D eigenvalue weighted by atomic mass is 32.2. The van der Waals surface area contributed by atoms with Gasteiger partial charge in [-0.1, -0.05) is 57.2 Å². The molecule has 37 heavy (non-hydrogen) atoms. The molecule has 0 bridgehead atoms. The standard InChI is InChI=1S/C28H36N2O5S2/c1-6-22(4)29-36(31,32)27-15-17-28(18-16-27)37(33,34)30(20-24-9-13-26(35-5)14-10-24)19-23-7-11-25(12-8-23)21(2)3/h7-18,21-22,29H,6,19-20H2,1-5H3. The molecule has 0 radical (unpaired) electrons. The van der Waals surface area contributed by atoms with Crippen molar-refractivity contribution in [2.45, 2.75) is 69.0 Å². The van der Waals surface area contributed by atoms with Crippen molar-refractivity contribution in [1.29, 1.82) is 0 Å². The van der Waals surface area contributed by atoms with Gasteiger partial charge in [-0.2, -0.15) is 4.31 Å². The van der Waals surface area contributed by atoms with Gasteiger partial charge in [0.05, 0.1) is 16.9 Å². The fourth-order valence-electron chi connectivity index (χ4n) is 3.73. The predicted molar refractivity (Wildman–Crippen MR) is 146 cm³/mol. The van der Waals surface area contributed by atoms with Gasteiger partial charge in [-0.3, -0.25) is 0 Å². The van der Waals surface area contributed by atoms with E-state index in [4.69, 9.17) is 4.74 Å². The third kappa shape index (κ3) is 7.41. The molecule has 3 aromatic rings. The normalized spacial score (nSPS) is 13.2. The van der Waals surface area contributed by atoms with Crippen LogP contribution >= 0.6 is 0 Å². The Hall–Kier alpha value is -2.72. The third-order valence-electron chi connectivity index (χ3n) is 6.26. The Balaban J connectivity index is 1.93. The molecule has 1 atom stereocenters. The van der Waals surface area contributed by atoms with E-state index in [2.05, 4.69) is 18.6 Å². The molecule has 3 aromatic carbocycles. The molecule has 3 rings (SSSR count). The topological polar surface area (TPSA) is 92.8 Å². The lowest BCUT2D eigenvalue weighted by atomic mass is 10.0. The van der Waals surface area contributed by atoms with E-state index in [0.29, 0.717) is 18.1 Å². The van der Waals surface area contributed by atoms with E-state index < -0.39 is 20.0 Å². The van der Waals surface area contributed by atoms with Crippen molar-refractivity contribution >= 4 is 20.0 Å². The van der Waals surface area contributed by atoms with Gasteiger partial charge in [0.25, 0.3) is 0 Å². The summed E-state index contributed by atoms with van der Waals surface area (Å²) in [7, 11) is -6.10. The van der Waals surface area contributed by atoms with Crippen molar-refractivity contribution in [3.63, 3.8) is 0 Å². The number of benzene rings is 3. The molecule has 1 N–H and O–H groups in total. The van der Waals surface area contributed by atoms with Crippen LogP contribution in [-0.4, -0.2) is 34.3 Å². The molecule has 0 amide bonds. The van der Waals surface area contributed by atoms with Crippen molar-refractivity contribution in [3.05, 3.63) is 89.5 Å². The maximum Gasteiger partial charge on any atom is 0.243 e. The molecule has 0 aromatic heterocycles. The summed E-state index contributed by atoms with van der Waals surface area (Å²) < 4.78 is 62.0. The van der Waals surface area contributed by atoms with Gasteiger partial charge in [0.15, 0.2) is 0 Å². The minimum atomic E-state index is -3.94. The maximum atomic E-state index is 13.8. The number of rotatable bonds is 12. The van der Waals surface area contributed by atoms with Gasteiger partial charge in [-0.15, -0.1) is 0 Å². The summed E-state index contributed by atoms with van der Waals surface area (Å²) >= 11 is 0. The number of hydrogen-bond acceptors (Lipinski definition) is 5. The van der Waals surface area contributed by atoms with Gasteiger partial charge in [-0.05, 0) is 72.4 Å². The summed E-state index contributed by atoms with van der Waals surface area (Å²) in [5.74, 6) is 1.06. The average molecular weight is 545 g/mol. The summed E-state index contributed by atoms with van der Waals surface area (Å²) in [6, 6.07) is 20.3. The summed E-state index contributed by atoms with van der Waals surface area (Å²) in [6.07, 6.45) is 0.643. The number of nitrogens with zero attached hydrogens (tertiary/aromatic N) is 1. The van der Waals surface area contributed by atoms with Crippen LogP contribution in [0.4, 0.5) is 0 Å². The molecule has 0 fully saturated rings. The summed E-state index contributed by atoms with van der Waals surface area (Å²) in [4.78, 5) is 0.0556. The monoisotopic (exact) mass is 544 g/mol. The smallest absolute Gasteiger partial charge is 0.243 e. The zero-order chi connectivity index (χ0) is 27.2. The molecule has 0 saturated carbocycles. The largest absolute Gasteiger partial charge is 0.497 e. The van der Waals surface area contributed by atoms with Gasteiger partial charge in [-0.25, -0.2) is 21.6 Å². The zero-order valence-corrected chi connectivity index (χ0v) is 23.6. The molecule has 9 heteroatoms. The zero-order valence-electron chi connectivity index (χ0n) is 22.0. The molecule has 0 saturated heterocycles. The molecule has 0 spiro atoms. The third-order valence-corrected chi connectivity index (χ3v) is 9.68. The predicted octanol–water partition coefficient (Wildman–Crippen LogP) is 5.29. The molecule has 0 aliphatic rings. The molecule has 1 unspecified atom stereocenters. The first-order chi connectivity index (χ1) is 17.5. The number of ether oxygens (including phenoxy) is 1. The molecule has 0 aliphatic carbocycles. The Labute approximate surface area is 221 Å². The summed E-state index contributed by atoms with van der Waals surface area (Å²) in [6.45, 7) is 8.20. The lowest BCUT2D eigenvalue weighted by molar-refractivity contribution is 0.399. The van der Waals surface area contributed by atoms with E-state index in [9.17, 15) is 16.8 Å². The Morgan fingerprint density at radius 1 is 0.757 bits per heavy atom. The number of methoxy groups -OCH3 is 1. The van der Waals surface area contributed by atoms with Crippen LogP contribution in [0.2, 0.25) is 0 Å². The Morgan fingerprint density at radius 3 is 1.70 bits per heavy atom. The Bertz CT molecular complexity index is 1370. The second-order valence-corrected chi connectivity index (χ2v) is 13.1. The Morgan fingerprint density at radius 2 is 1.24 bits per heavy atom.